The Bertz CT molecular complexity index is 667. The van der Waals surface area contributed by atoms with Crippen molar-refractivity contribution in [2.24, 2.45) is 4.99 Å². The van der Waals surface area contributed by atoms with E-state index < -0.39 is 0 Å². The lowest BCUT2D eigenvalue weighted by atomic mass is 9.84. The van der Waals surface area contributed by atoms with Gasteiger partial charge in [0.25, 0.3) is 0 Å². The summed E-state index contributed by atoms with van der Waals surface area (Å²) in [6.07, 6.45) is 1.87. The minimum absolute atomic E-state index is 0. The van der Waals surface area contributed by atoms with Crippen molar-refractivity contribution in [2.75, 3.05) is 13.6 Å². The molecule has 0 aliphatic rings. The third-order valence-corrected chi connectivity index (χ3v) is 4.54. The molecule has 0 aliphatic carbocycles. The van der Waals surface area contributed by atoms with Crippen molar-refractivity contribution in [2.45, 2.75) is 32.7 Å². The maximum absolute atomic E-state index is 13.1. The highest BCUT2D eigenvalue weighted by molar-refractivity contribution is 14.0. The number of benzene rings is 1. The van der Waals surface area contributed by atoms with Gasteiger partial charge in [-0.25, -0.2) is 9.37 Å². The van der Waals surface area contributed by atoms with Crippen LogP contribution in [0.1, 0.15) is 29.3 Å². The summed E-state index contributed by atoms with van der Waals surface area (Å²) in [5.41, 5.74) is 0.945. The van der Waals surface area contributed by atoms with Crippen LogP contribution in [0.4, 0.5) is 4.39 Å². The molecular formula is C17H24FIN4S. The van der Waals surface area contributed by atoms with Gasteiger partial charge in [-0.3, -0.25) is 4.99 Å². The number of hydrogen-bond acceptors (Lipinski definition) is 3. The number of halogens is 2. The molecule has 0 spiro atoms. The molecule has 0 atom stereocenters. The van der Waals surface area contributed by atoms with Crippen LogP contribution in [0.5, 0.6) is 0 Å². The summed E-state index contributed by atoms with van der Waals surface area (Å²) in [6, 6.07) is 6.64. The van der Waals surface area contributed by atoms with Gasteiger partial charge in [0.2, 0.25) is 0 Å². The highest BCUT2D eigenvalue weighted by atomic mass is 127. The Balaban J connectivity index is 0.00000288. The molecule has 0 radical (unpaired) electrons. The summed E-state index contributed by atoms with van der Waals surface area (Å²) in [5, 5.41) is 7.61. The highest BCUT2D eigenvalue weighted by Crippen LogP contribution is 2.22. The molecule has 0 saturated carbocycles. The summed E-state index contributed by atoms with van der Waals surface area (Å²) >= 11 is 1.67. The van der Waals surface area contributed by atoms with E-state index >= 15 is 0 Å². The third-order valence-electron chi connectivity index (χ3n) is 3.62. The van der Waals surface area contributed by atoms with Gasteiger partial charge in [0.15, 0.2) is 5.96 Å². The van der Waals surface area contributed by atoms with Crippen LogP contribution in [0.25, 0.3) is 0 Å². The fourth-order valence-electron chi connectivity index (χ4n) is 2.17. The molecule has 4 nitrogen and oxygen atoms in total. The lowest BCUT2D eigenvalue weighted by molar-refractivity contribution is 0.507. The minimum atomic E-state index is -0.214. The molecule has 7 heteroatoms. The topological polar surface area (TPSA) is 49.3 Å². The molecule has 1 aromatic carbocycles. The van der Waals surface area contributed by atoms with Crippen LogP contribution >= 0.6 is 35.3 Å². The van der Waals surface area contributed by atoms with Crippen LogP contribution in [0.15, 0.2) is 35.5 Å². The fraction of sp³-hybridized carbons (Fsp3) is 0.412. The highest BCUT2D eigenvalue weighted by Gasteiger charge is 2.21. The molecule has 0 bridgehead atoms. The maximum atomic E-state index is 13.1. The molecule has 0 amide bonds. The van der Waals surface area contributed by atoms with Crippen molar-refractivity contribution in [1.82, 2.24) is 15.6 Å². The number of aromatic nitrogens is 1. The van der Waals surface area contributed by atoms with Crippen molar-refractivity contribution in [3.63, 3.8) is 0 Å². The predicted octanol–water partition coefficient (Wildman–Crippen LogP) is 3.85. The first-order valence-electron chi connectivity index (χ1n) is 7.52. The van der Waals surface area contributed by atoms with Crippen molar-refractivity contribution in [3.05, 3.63) is 51.7 Å². The third kappa shape index (κ3) is 6.01. The van der Waals surface area contributed by atoms with Gasteiger partial charge in [-0.15, -0.1) is 35.3 Å². The molecule has 0 fully saturated rings. The van der Waals surface area contributed by atoms with Crippen molar-refractivity contribution >= 4 is 41.3 Å². The van der Waals surface area contributed by atoms with Crippen molar-refractivity contribution in [3.8, 4) is 0 Å². The number of hydrogen-bond donors (Lipinski definition) is 2. The van der Waals surface area contributed by atoms with Crippen LogP contribution in [0, 0.1) is 12.7 Å². The summed E-state index contributed by atoms with van der Waals surface area (Å²) in [4.78, 5) is 9.75. The van der Waals surface area contributed by atoms with Crippen LogP contribution in [-0.2, 0) is 12.0 Å². The molecule has 2 N–H and O–H groups in total. The smallest absolute Gasteiger partial charge is 0.191 e. The Morgan fingerprint density at radius 1 is 1.25 bits per heavy atom. The summed E-state index contributed by atoms with van der Waals surface area (Å²) in [6.45, 7) is 7.61. The van der Waals surface area contributed by atoms with E-state index in [9.17, 15) is 4.39 Å². The SMILES string of the molecule is CN=C(NCc1ncc(C)s1)NCC(C)(C)c1ccc(F)cc1.I. The maximum Gasteiger partial charge on any atom is 0.191 e. The van der Waals surface area contributed by atoms with Gasteiger partial charge in [-0.05, 0) is 24.6 Å². The number of aliphatic imine (C=N–C) groups is 1. The molecule has 0 saturated heterocycles. The van der Waals surface area contributed by atoms with Crippen molar-refractivity contribution < 1.29 is 4.39 Å². The van der Waals surface area contributed by atoms with Gasteiger partial charge in [0, 0.05) is 30.1 Å². The van der Waals surface area contributed by atoms with Crippen LogP contribution in [0.2, 0.25) is 0 Å². The van der Waals surface area contributed by atoms with Gasteiger partial charge in [0.1, 0.15) is 10.8 Å². The zero-order valence-corrected chi connectivity index (χ0v) is 17.5. The molecule has 1 aromatic heterocycles. The Morgan fingerprint density at radius 3 is 2.46 bits per heavy atom. The first kappa shape index (κ1) is 20.8. The molecule has 132 valence electrons. The van der Waals surface area contributed by atoms with E-state index in [1.165, 1.54) is 17.0 Å². The second-order valence-corrected chi connectivity index (χ2v) is 7.35. The normalized spacial score (nSPS) is 11.8. The number of nitrogens with one attached hydrogen (secondary N) is 2. The zero-order valence-electron chi connectivity index (χ0n) is 14.4. The summed E-state index contributed by atoms with van der Waals surface area (Å²) < 4.78 is 13.1. The summed E-state index contributed by atoms with van der Waals surface area (Å²) in [5.74, 6) is 0.516. The van der Waals surface area contributed by atoms with E-state index in [1.54, 1.807) is 18.4 Å². The Hall–Kier alpha value is -1.22. The van der Waals surface area contributed by atoms with Crippen LogP contribution in [-0.4, -0.2) is 24.5 Å². The molecule has 24 heavy (non-hydrogen) atoms. The van der Waals surface area contributed by atoms with E-state index in [4.69, 9.17) is 0 Å². The van der Waals surface area contributed by atoms with E-state index in [1.807, 2.05) is 25.3 Å². The zero-order chi connectivity index (χ0) is 16.9. The lowest BCUT2D eigenvalue weighted by Crippen LogP contribution is -2.43. The van der Waals surface area contributed by atoms with Gasteiger partial charge >= 0.3 is 0 Å². The van der Waals surface area contributed by atoms with Crippen LogP contribution in [0.3, 0.4) is 0 Å². The van der Waals surface area contributed by atoms with E-state index in [0.29, 0.717) is 13.1 Å². The Labute approximate surface area is 164 Å². The lowest BCUT2D eigenvalue weighted by Gasteiger charge is -2.26. The summed E-state index contributed by atoms with van der Waals surface area (Å²) in [7, 11) is 1.74. The Morgan fingerprint density at radius 2 is 1.92 bits per heavy atom. The minimum Gasteiger partial charge on any atom is -0.356 e. The molecule has 0 unspecified atom stereocenters. The first-order chi connectivity index (χ1) is 10.9. The molecule has 2 aromatic rings. The second-order valence-electron chi connectivity index (χ2n) is 6.03. The van der Waals surface area contributed by atoms with E-state index in [-0.39, 0.29) is 35.2 Å². The van der Waals surface area contributed by atoms with Gasteiger partial charge in [-0.2, -0.15) is 0 Å². The van der Waals surface area contributed by atoms with Crippen LogP contribution < -0.4 is 10.6 Å². The van der Waals surface area contributed by atoms with Gasteiger partial charge in [-0.1, -0.05) is 26.0 Å². The fourth-order valence-corrected chi connectivity index (χ4v) is 2.90. The molecule has 2 rings (SSSR count). The quantitative estimate of drug-likeness (QED) is 0.403. The number of rotatable bonds is 5. The monoisotopic (exact) mass is 462 g/mol. The number of thiazole rings is 1. The number of nitrogens with zero attached hydrogens (tertiary/aromatic N) is 2. The largest absolute Gasteiger partial charge is 0.356 e. The van der Waals surface area contributed by atoms with E-state index in [0.717, 1.165) is 16.5 Å². The average molecular weight is 462 g/mol. The van der Waals surface area contributed by atoms with E-state index in [2.05, 4.69) is 34.5 Å². The molecule has 0 aliphatic heterocycles. The molecular weight excluding hydrogens is 438 g/mol. The number of guanidine groups is 1. The van der Waals surface area contributed by atoms with Crippen molar-refractivity contribution in [1.29, 1.82) is 0 Å². The predicted molar refractivity (Wildman–Crippen MR) is 110 cm³/mol. The second kappa shape index (κ2) is 9.31. The first-order valence-corrected chi connectivity index (χ1v) is 8.34. The Kier molecular flexibility index (Phi) is 8.08. The molecule has 1 heterocycles. The van der Waals surface area contributed by atoms with Gasteiger partial charge < -0.3 is 10.6 Å². The van der Waals surface area contributed by atoms with Gasteiger partial charge in [0.05, 0.1) is 6.54 Å². The average Bonchev–Trinajstić information content (AvgIpc) is 2.93. The number of aryl methyl sites for hydroxylation is 1. The standard InChI is InChI=1S/C17H23FN4S.HI/c1-12-9-20-15(23-12)10-21-16(19-4)22-11-17(2,3)13-5-7-14(18)8-6-13;/h5-9H,10-11H2,1-4H3,(H2,19,21,22);1H.